The highest BCUT2D eigenvalue weighted by molar-refractivity contribution is 7.86. The van der Waals surface area contributed by atoms with Crippen LogP contribution in [0.5, 0.6) is 0 Å². The van der Waals surface area contributed by atoms with Gasteiger partial charge in [0.25, 0.3) is 32.1 Å². The second-order valence-corrected chi connectivity index (χ2v) is 13.6. The van der Waals surface area contributed by atoms with Crippen LogP contribution in [-0.2, 0) is 20.2 Å². The monoisotopic (exact) mass is 680 g/mol. The van der Waals surface area contributed by atoms with E-state index in [2.05, 4.69) is 0 Å². The minimum absolute atomic E-state index is 0.0415. The Bertz CT molecular complexity index is 2730. The third-order valence-electron chi connectivity index (χ3n) is 8.06. The molecule has 48 heavy (non-hydrogen) atoms. The second kappa shape index (κ2) is 10.9. The maximum atomic E-state index is 14.2. The molecule has 0 amide bonds. The summed E-state index contributed by atoms with van der Waals surface area (Å²) >= 11 is 0. The van der Waals surface area contributed by atoms with Gasteiger partial charge in [0.15, 0.2) is 10.9 Å². The zero-order valence-electron chi connectivity index (χ0n) is 24.3. The quantitative estimate of drug-likeness (QED) is 0.198. The molecule has 238 valence electrons. The van der Waals surface area contributed by atoms with Crippen LogP contribution in [0.2, 0.25) is 0 Å². The molecule has 0 unspecified atom stereocenters. The number of pyridine rings is 2. The van der Waals surface area contributed by atoms with Crippen LogP contribution in [0.3, 0.4) is 0 Å². The Morgan fingerprint density at radius 1 is 0.458 bits per heavy atom. The predicted molar refractivity (Wildman–Crippen MR) is 177 cm³/mol. The van der Waals surface area contributed by atoms with Gasteiger partial charge in [-0.05, 0) is 60.7 Å². The van der Waals surface area contributed by atoms with Gasteiger partial charge >= 0.3 is 0 Å². The first-order valence-electron chi connectivity index (χ1n) is 14.1. The van der Waals surface area contributed by atoms with E-state index >= 15 is 0 Å². The van der Waals surface area contributed by atoms with Crippen molar-refractivity contribution in [3.8, 4) is 0 Å². The fourth-order valence-electron chi connectivity index (χ4n) is 6.00. The predicted octanol–water partition coefficient (Wildman–Crippen LogP) is 4.49. The number of hydrogen-bond donors (Lipinski definition) is 2. The number of para-hydroxylation sites is 2. The molecule has 0 bridgehead atoms. The summed E-state index contributed by atoms with van der Waals surface area (Å²) in [5.74, 6) is -1.88. The van der Waals surface area contributed by atoms with Gasteiger partial charge in [-0.25, -0.2) is 0 Å². The molecule has 2 aromatic heterocycles. The lowest BCUT2D eigenvalue weighted by molar-refractivity contribution is 0.0957. The molecule has 0 fully saturated rings. The Kier molecular flexibility index (Phi) is 6.99. The average Bonchev–Trinajstić information content (AvgIpc) is 3.07. The van der Waals surface area contributed by atoms with Crippen molar-refractivity contribution in [2.45, 2.75) is 9.79 Å². The number of benzene rings is 5. The molecule has 7 rings (SSSR count). The highest BCUT2D eigenvalue weighted by atomic mass is 32.2. The van der Waals surface area contributed by atoms with Crippen LogP contribution in [0.15, 0.2) is 129 Å². The summed E-state index contributed by atoms with van der Waals surface area (Å²) in [7, 11) is -9.74. The Labute approximate surface area is 270 Å². The second-order valence-electron chi connectivity index (χ2n) is 10.8. The number of rotatable bonds is 4. The summed E-state index contributed by atoms with van der Waals surface area (Å²) < 4.78 is 70.8. The number of aromatic nitrogens is 2. The van der Waals surface area contributed by atoms with Crippen LogP contribution in [0.1, 0.15) is 20.7 Å². The smallest absolute Gasteiger partial charge is 0.288 e. The summed E-state index contributed by atoms with van der Waals surface area (Å²) in [6, 6.07) is 24.4. The molecule has 5 aromatic carbocycles. The van der Waals surface area contributed by atoms with Crippen LogP contribution in [0, 0.1) is 0 Å². The molecule has 14 heteroatoms. The zero-order valence-corrected chi connectivity index (χ0v) is 25.9. The lowest BCUT2D eigenvalue weighted by Gasteiger charge is -2.18. The van der Waals surface area contributed by atoms with E-state index in [1.54, 1.807) is 24.3 Å². The van der Waals surface area contributed by atoms with Crippen LogP contribution < -0.4 is 10.9 Å². The summed E-state index contributed by atoms with van der Waals surface area (Å²) in [4.78, 5) is 55.2. The number of nitrogens with zero attached hydrogens (tertiary/aromatic N) is 2. The van der Waals surface area contributed by atoms with Crippen LogP contribution in [0.25, 0.3) is 43.6 Å². The fraction of sp³-hybridized carbons (Fsp3) is 0. The zero-order chi connectivity index (χ0) is 34.1. The van der Waals surface area contributed by atoms with Gasteiger partial charge in [0.1, 0.15) is 9.79 Å². The van der Waals surface area contributed by atoms with Crippen LogP contribution in [-0.4, -0.2) is 46.9 Å². The Morgan fingerprint density at radius 3 is 1.17 bits per heavy atom. The largest absolute Gasteiger partial charge is 0.295 e. The third kappa shape index (κ3) is 4.74. The SMILES string of the molecule is O=C(c1ccccc1S(=O)(=O)O)n1c2ccccc2c(=O)c2cc3c(cc21)c(=O)c1ccccc1n3C(=O)c1ccccc1S(=O)(=O)O. The topological polar surface area (TPSA) is 187 Å². The lowest BCUT2D eigenvalue weighted by Crippen LogP contribution is -2.23. The minimum atomic E-state index is -4.87. The van der Waals surface area contributed by atoms with Gasteiger partial charge in [-0.3, -0.25) is 37.4 Å². The molecule has 0 saturated heterocycles. The molecule has 0 aliphatic carbocycles. The molecule has 12 nitrogen and oxygen atoms in total. The van der Waals surface area contributed by atoms with Gasteiger partial charge in [0.2, 0.25) is 0 Å². The molecule has 2 heterocycles. The van der Waals surface area contributed by atoms with Crippen molar-refractivity contribution in [3.05, 3.63) is 141 Å². The Hall–Kier alpha value is -5.80. The highest BCUT2D eigenvalue weighted by Crippen LogP contribution is 2.29. The summed E-state index contributed by atoms with van der Waals surface area (Å²) in [6.45, 7) is 0. The minimum Gasteiger partial charge on any atom is -0.288 e. The van der Waals surface area contributed by atoms with Gasteiger partial charge in [-0.2, -0.15) is 16.8 Å². The maximum absolute atomic E-state index is 14.2. The van der Waals surface area contributed by atoms with Gasteiger partial charge in [-0.1, -0.05) is 48.5 Å². The number of carbonyl (C=O) groups excluding carboxylic acids is 2. The van der Waals surface area contributed by atoms with E-state index < -0.39 is 63.8 Å². The van der Waals surface area contributed by atoms with Crippen molar-refractivity contribution in [3.63, 3.8) is 0 Å². The fourth-order valence-corrected chi connectivity index (χ4v) is 7.36. The summed E-state index contributed by atoms with van der Waals surface area (Å²) in [6.07, 6.45) is 0. The van der Waals surface area contributed by atoms with Gasteiger partial charge in [0, 0.05) is 21.5 Å². The van der Waals surface area contributed by atoms with Crippen molar-refractivity contribution in [1.29, 1.82) is 0 Å². The molecule has 0 saturated carbocycles. The van der Waals surface area contributed by atoms with Gasteiger partial charge < -0.3 is 0 Å². The van der Waals surface area contributed by atoms with E-state index in [9.17, 15) is 45.1 Å². The van der Waals surface area contributed by atoms with Crippen molar-refractivity contribution in [2.75, 3.05) is 0 Å². The number of hydrogen-bond acceptors (Lipinski definition) is 8. The lowest BCUT2D eigenvalue weighted by atomic mass is 10.0. The van der Waals surface area contributed by atoms with Crippen molar-refractivity contribution >= 4 is 75.7 Å². The maximum Gasteiger partial charge on any atom is 0.295 e. The molecule has 0 aliphatic heterocycles. The molecule has 0 aliphatic rings. The molecule has 2 N–H and O–H groups in total. The first-order chi connectivity index (χ1) is 22.8. The molecular weight excluding hydrogens is 661 g/mol. The van der Waals surface area contributed by atoms with E-state index in [1.807, 2.05) is 0 Å². The van der Waals surface area contributed by atoms with Crippen molar-refractivity contribution < 1.29 is 35.5 Å². The number of fused-ring (bicyclic) bond motifs is 4. The molecule has 7 aromatic rings. The first-order valence-corrected chi connectivity index (χ1v) is 16.9. The third-order valence-corrected chi connectivity index (χ3v) is 9.88. The summed E-state index contributed by atoms with van der Waals surface area (Å²) in [5.41, 5.74) is -2.07. The normalized spacial score (nSPS) is 12.2. The van der Waals surface area contributed by atoms with E-state index in [0.29, 0.717) is 0 Å². The molecule has 0 radical (unpaired) electrons. The van der Waals surface area contributed by atoms with E-state index in [-0.39, 0.29) is 43.6 Å². The summed E-state index contributed by atoms with van der Waals surface area (Å²) in [5, 5.41) is -0.198. The van der Waals surface area contributed by atoms with E-state index in [1.165, 1.54) is 72.8 Å². The van der Waals surface area contributed by atoms with Gasteiger partial charge in [-0.15, -0.1) is 0 Å². The van der Waals surface area contributed by atoms with Gasteiger partial charge in [0.05, 0.1) is 33.2 Å². The number of carbonyl (C=O) groups is 2. The highest BCUT2D eigenvalue weighted by Gasteiger charge is 2.27. The molecule has 0 atom stereocenters. The van der Waals surface area contributed by atoms with Crippen molar-refractivity contribution in [2.24, 2.45) is 0 Å². The first kappa shape index (κ1) is 30.8. The van der Waals surface area contributed by atoms with Crippen molar-refractivity contribution in [1.82, 2.24) is 9.13 Å². The van der Waals surface area contributed by atoms with Crippen LogP contribution in [0.4, 0.5) is 0 Å². The van der Waals surface area contributed by atoms with Crippen LogP contribution >= 0.6 is 0 Å². The molecule has 0 spiro atoms. The van der Waals surface area contributed by atoms with E-state index in [4.69, 9.17) is 0 Å². The van der Waals surface area contributed by atoms with E-state index in [0.717, 1.165) is 21.3 Å². The Morgan fingerprint density at radius 2 is 0.792 bits per heavy atom. The Balaban J connectivity index is 1.67. The average molecular weight is 681 g/mol. The standard InChI is InChI=1S/C34H20N2O10S2/c37-31-19-9-1-5-13-25(19)35(33(39)21-11-3-7-15-29(21)47(41,42)43)27-18-24-28(17-23(27)31)36(26-14-6-2-10-20(26)32(24)38)34(40)22-12-4-8-16-30(22)48(44,45)46/h1-18H,(H,41,42,43)(H,44,45,46). The molecular formula is C34H20N2O10S2.